The molecule has 2 rings (SSSR count). The second-order valence-electron chi connectivity index (χ2n) is 5.84. The van der Waals surface area contributed by atoms with Crippen LogP contribution in [-0.4, -0.2) is 47.1 Å². The molecule has 1 aliphatic heterocycles. The molecule has 19 heavy (non-hydrogen) atoms. The fraction of sp³-hybridized carbons (Fsp3) is 0.571. The maximum Gasteiger partial charge on any atom is 0.139 e. The number of likely N-dealkylation sites (N-methyl/N-ethyl adjacent to an activating group) is 1. The highest BCUT2D eigenvalue weighted by molar-refractivity contribution is 7.80. The summed E-state index contributed by atoms with van der Waals surface area (Å²) in [7, 11) is 2.16. The van der Waals surface area contributed by atoms with Crippen molar-refractivity contribution in [1.82, 2.24) is 9.88 Å². The average molecular weight is 278 g/mol. The number of pyridine rings is 1. The van der Waals surface area contributed by atoms with Crippen molar-refractivity contribution in [3.05, 3.63) is 23.4 Å². The predicted octanol–water partition coefficient (Wildman–Crippen LogP) is 1.55. The van der Waals surface area contributed by atoms with Crippen LogP contribution in [0.1, 0.15) is 25.1 Å². The Labute approximate surface area is 120 Å². The molecule has 0 bridgehead atoms. The minimum Gasteiger partial charge on any atom is -0.389 e. The molecule has 2 N–H and O–H groups in total. The van der Waals surface area contributed by atoms with Gasteiger partial charge in [-0.05, 0) is 40.0 Å². The topological polar surface area (TPSA) is 45.4 Å². The first kappa shape index (κ1) is 14.2. The lowest BCUT2D eigenvalue weighted by Gasteiger charge is -2.46. The van der Waals surface area contributed by atoms with Crippen LogP contribution in [0.15, 0.2) is 12.1 Å². The molecule has 0 radical (unpaired) electrons. The average Bonchev–Trinajstić information content (AvgIpc) is 2.32. The Morgan fingerprint density at radius 3 is 2.63 bits per heavy atom. The van der Waals surface area contributed by atoms with E-state index in [0.29, 0.717) is 4.99 Å². The summed E-state index contributed by atoms with van der Waals surface area (Å²) in [6, 6.07) is 3.94. The van der Waals surface area contributed by atoms with E-state index in [-0.39, 0.29) is 5.54 Å². The smallest absolute Gasteiger partial charge is 0.139 e. The van der Waals surface area contributed by atoms with Gasteiger partial charge >= 0.3 is 0 Å². The number of nitrogens with zero attached hydrogens (tertiary/aromatic N) is 3. The molecule has 5 heteroatoms. The van der Waals surface area contributed by atoms with Crippen LogP contribution in [0.25, 0.3) is 0 Å². The summed E-state index contributed by atoms with van der Waals surface area (Å²) in [6.45, 7) is 9.37. The Kier molecular flexibility index (Phi) is 3.78. The molecule has 1 fully saturated rings. The van der Waals surface area contributed by atoms with Crippen LogP contribution < -0.4 is 10.6 Å². The van der Waals surface area contributed by atoms with E-state index in [9.17, 15) is 0 Å². The first-order valence-electron chi connectivity index (χ1n) is 6.55. The zero-order valence-electron chi connectivity index (χ0n) is 12.1. The maximum absolute atomic E-state index is 5.82. The van der Waals surface area contributed by atoms with Crippen molar-refractivity contribution in [3.8, 4) is 0 Å². The SMILES string of the molecule is Cc1ccc(C(N)=S)c(N2CCN(C)C(C)(C)C2)n1. The molecule has 0 amide bonds. The minimum atomic E-state index is 0.122. The molecule has 0 spiro atoms. The lowest BCUT2D eigenvalue weighted by atomic mass is 9.99. The summed E-state index contributed by atoms with van der Waals surface area (Å²) in [5.41, 5.74) is 7.81. The van der Waals surface area contributed by atoms with E-state index >= 15 is 0 Å². The van der Waals surface area contributed by atoms with Crippen molar-refractivity contribution in [2.45, 2.75) is 26.3 Å². The van der Waals surface area contributed by atoms with Gasteiger partial charge in [0.25, 0.3) is 0 Å². The zero-order valence-corrected chi connectivity index (χ0v) is 12.9. The van der Waals surface area contributed by atoms with Gasteiger partial charge in [0.15, 0.2) is 0 Å². The van der Waals surface area contributed by atoms with Gasteiger partial charge in [-0.2, -0.15) is 0 Å². The van der Waals surface area contributed by atoms with Crippen LogP contribution in [-0.2, 0) is 0 Å². The molecule has 1 aromatic rings. The monoisotopic (exact) mass is 278 g/mol. The van der Waals surface area contributed by atoms with Crippen molar-refractivity contribution in [2.24, 2.45) is 5.73 Å². The van der Waals surface area contributed by atoms with Gasteiger partial charge in [0.1, 0.15) is 10.8 Å². The molecule has 104 valence electrons. The summed E-state index contributed by atoms with van der Waals surface area (Å²) in [4.78, 5) is 9.73. The van der Waals surface area contributed by atoms with Crippen molar-refractivity contribution in [1.29, 1.82) is 0 Å². The van der Waals surface area contributed by atoms with Gasteiger partial charge in [-0.25, -0.2) is 4.98 Å². The van der Waals surface area contributed by atoms with Crippen LogP contribution in [0.5, 0.6) is 0 Å². The van der Waals surface area contributed by atoms with Gasteiger partial charge < -0.3 is 10.6 Å². The highest BCUT2D eigenvalue weighted by atomic mass is 32.1. The van der Waals surface area contributed by atoms with Crippen LogP contribution in [0, 0.1) is 6.92 Å². The van der Waals surface area contributed by atoms with E-state index in [1.54, 1.807) is 0 Å². The molecule has 0 aliphatic carbocycles. The highest BCUT2D eigenvalue weighted by Gasteiger charge is 2.32. The second kappa shape index (κ2) is 5.06. The number of aryl methyl sites for hydroxylation is 1. The Bertz CT molecular complexity index is 498. The molecule has 0 atom stereocenters. The summed E-state index contributed by atoms with van der Waals surface area (Å²) >= 11 is 5.14. The van der Waals surface area contributed by atoms with E-state index in [0.717, 1.165) is 36.7 Å². The summed E-state index contributed by atoms with van der Waals surface area (Å²) in [5.74, 6) is 0.925. The van der Waals surface area contributed by atoms with Crippen molar-refractivity contribution in [2.75, 3.05) is 31.6 Å². The van der Waals surface area contributed by atoms with Gasteiger partial charge in [0, 0.05) is 30.9 Å². The van der Waals surface area contributed by atoms with Crippen molar-refractivity contribution in [3.63, 3.8) is 0 Å². The molecule has 1 aliphatic rings. The molecule has 4 nitrogen and oxygen atoms in total. The number of hydrogen-bond acceptors (Lipinski definition) is 4. The normalized spacial score (nSPS) is 19.5. The zero-order chi connectivity index (χ0) is 14.2. The van der Waals surface area contributed by atoms with Gasteiger partial charge in [-0.15, -0.1) is 0 Å². The Balaban J connectivity index is 2.36. The summed E-state index contributed by atoms with van der Waals surface area (Å²) in [6.07, 6.45) is 0. The summed E-state index contributed by atoms with van der Waals surface area (Å²) < 4.78 is 0. The third-order valence-electron chi connectivity index (χ3n) is 3.90. The second-order valence-corrected chi connectivity index (χ2v) is 6.28. The fourth-order valence-corrected chi connectivity index (χ4v) is 2.56. The Morgan fingerprint density at radius 1 is 1.37 bits per heavy atom. The fourth-order valence-electron chi connectivity index (χ4n) is 2.40. The maximum atomic E-state index is 5.82. The van der Waals surface area contributed by atoms with E-state index in [2.05, 4.69) is 35.7 Å². The number of aromatic nitrogens is 1. The van der Waals surface area contributed by atoms with Crippen molar-refractivity contribution < 1.29 is 0 Å². The number of hydrogen-bond donors (Lipinski definition) is 1. The van der Waals surface area contributed by atoms with Gasteiger partial charge in [0.05, 0.1) is 5.56 Å². The molecule has 1 saturated heterocycles. The van der Waals surface area contributed by atoms with Gasteiger partial charge in [-0.1, -0.05) is 12.2 Å². The number of rotatable bonds is 2. The molecule has 0 aromatic carbocycles. The summed E-state index contributed by atoms with van der Waals surface area (Å²) in [5, 5.41) is 0. The lowest BCUT2D eigenvalue weighted by Crippen LogP contribution is -2.58. The van der Waals surface area contributed by atoms with Crippen LogP contribution in [0.2, 0.25) is 0 Å². The largest absolute Gasteiger partial charge is 0.389 e. The highest BCUT2D eigenvalue weighted by Crippen LogP contribution is 2.26. The third kappa shape index (κ3) is 2.87. The minimum absolute atomic E-state index is 0.122. The van der Waals surface area contributed by atoms with Crippen molar-refractivity contribution >= 4 is 23.0 Å². The molecule has 0 saturated carbocycles. The Morgan fingerprint density at radius 2 is 2.05 bits per heavy atom. The first-order valence-corrected chi connectivity index (χ1v) is 6.96. The van der Waals surface area contributed by atoms with Crippen LogP contribution in [0.4, 0.5) is 5.82 Å². The van der Waals surface area contributed by atoms with E-state index in [1.165, 1.54) is 0 Å². The van der Waals surface area contributed by atoms with Gasteiger partial charge in [-0.3, -0.25) is 4.90 Å². The standard InChI is InChI=1S/C14H22N4S/c1-10-5-6-11(12(15)19)13(16-10)18-8-7-17(4)14(2,3)9-18/h5-6H,7-9H2,1-4H3,(H2,15,19). The quantitative estimate of drug-likeness (QED) is 0.832. The predicted molar refractivity (Wildman–Crippen MR) is 83.8 cm³/mol. The molecular formula is C14H22N4S. The number of piperazine rings is 1. The van der Waals surface area contributed by atoms with E-state index in [4.69, 9.17) is 18.0 Å². The Hall–Kier alpha value is -1.20. The first-order chi connectivity index (χ1) is 8.81. The number of anilines is 1. The number of thiocarbonyl (C=S) groups is 1. The number of nitrogens with two attached hydrogens (primary N) is 1. The third-order valence-corrected chi connectivity index (χ3v) is 4.12. The van der Waals surface area contributed by atoms with E-state index in [1.807, 2.05) is 19.1 Å². The molecule has 2 heterocycles. The van der Waals surface area contributed by atoms with Crippen LogP contribution in [0.3, 0.4) is 0 Å². The molecular weight excluding hydrogens is 256 g/mol. The lowest BCUT2D eigenvalue weighted by molar-refractivity contribution is 0.138. The van der Waals surface area contributed by atoms with Crippen LogP contribution >= 0.6 is 12.2 Å². The van der Waals surface area contributed by atoms with Gasteiger partial charge in [0.2, 0.25) is 0 Å². The van der Waals surface area contributed by atoms with E-state index < -0.39 is 0 Å². The molecule has 1 aromatic heterocycles. The molecule has 0 unspecified atom stereocenters.